The lowest BCUT2D eigenvalue weighted by molar-refractivity contribution is 0.637. The molecule has 0 aromatic rings. The number of nitrogens with one attached hydrogen (secondary N) is 1. The van der Waals surface area contributed by atoms with Crippen LogP contribution in [0.4, 0.5) is 0 Å². The van der Waals surface area contributed by atoms with Gasteiger partial charge in [0, 0.05) is 0 Å². The molecule has 0 saturated heterocycles. The molecular formula is C11H19N. The Balaban J connectivity index is 1.89. The molecule has 0 aromatic heterocycles. The van der Waals surface area contributed by atoms with Crippen molar-refractivity contribution in [3.63, 3.8) is 0 Å². The molecule has 0 unspecified atom stereocenters. The highest BCUT2D eigenvalue weighted by Crippen LogP contribution is 2.16. The summed E-state index contributed by atoms with van der Waals surface area (Å²) in [5.41, 5.74) is 1.60. The van der Waals surface area contributed by atoms with Crippen LogP contribution in [0.5, 0.6) is 0 Å². The Bertz CT molecular complexity index is 168. The summed E-state index contributed by atoms with van der Waals surface area (Å²) >= 11 is 0. The van der Waals surface area contributed by atoms with Crippen LogP contribution in [0.15, 0.2) is 23.8 Å². The molecular weight excluding hydrogens is 146 g/mol. The average Bonchev–Trinajstić information content (AvgIpc) is 2.57. The fraction of sp³-hybridized carbons (Fsp3) is 0.636. The van der Waals surface area contributed by atoms with Crippen molar-refractivity contribution >= 4 is 0 Å². The highest BCUT2D eigenvalue weighted by atomic mass is 14.8. The lowest BCUT2D eigenvalue weighted by Gasteiger charge is -2.02. The molecule has 0 amide bonds. The summed E-state index contributed by atoms with van der Waals surface area (Å²) in [7, 11) is 0. The third-order valence-corrected chi connectivity index (χ3v) is 2.20. The molecule has 1 aliphatic carbocycles. The average molecular weight is 165 g/mol. The zero-order valence-corrected chi connectivity index (χ0v) is 7.97. The maximum atomic E-state index is 3.34. The first kappa shape index (κ1) is 9.53. The summed E-state index contributed by atoms with van der Waals surface area (Å²) in [5.74, 6) is 0. The van der Waals surface area contributed by atoms with Crippen molar-refractivity contribution in [2.75, 3.05) is 13.1 Å². The van der Waals surface area contributed by atoms with Crippen LogP contribution in [0.25, 0.3) is 0 Å². The molecule has 1 N–H and O–H groups in total. The summed E-state index contributed by atoms with van der Waals surface area (Å²) in [5, 5.41) is 3.34. The summed E-state index contributed by atoms with van der Waals surface area (Å²) in [4.78, 5) is 0. The van der Waals surface area contributed by atoms with Crippen molar-refractivity contribution in [1.29, 1.82) is 0 Å². The van der Waals surface area contributed by atoms with Gasteiger partial charge in [-0.3, -0.25) is 0 Å². The summed E-state index contributed by atoms with van der Waals surface area (Å²) in [6, 6.07) is 0. The van der Waals surface area contributed by atoms with Gasteiger partial charge in [0.15, 0.2) is 0 Å². The van der Waals surface area contributed by atoms with Crippen LogP contribution in [-0.2, 0) is 0 Å². The monoisotopic (exact) mass is 165 g/mol. The molecule has 0 aliphatic heterocycles. The Kier molecular flexibility index (Phi) is 4.77. The second kappa shape index (κ2) is 6.01. The number of hydrogen-bond donors (Lipinski definition) is 1. The predicted molar refractivity (Wildman–Crippen MR) is 54.2 cm³/mol. The fourth-order valence-corrected chi connectivity index (χ4v) is 1.46. The standard InChI is InChI=1S/C11H19N/c1-2-12-10-6-5-9-11-7-3-4-8-11/h3-4,7,12H,2,5-6,8-10H2,1H3. The van der Waals surface area contributed by atoms with Crippen LogP contribution in [0.3, 0.4) is 0 Å². The molecule has 0 fully saturated rings. The molecule has 1 nitrogen and oxygen atoms in total. The molecule has 0 heterocycles. The van der Waals surface area contributed by atoms with E-state index in [0.29, 0.717) is 0 Å². The third kappa shape index (κ3) is 3.72. The Morgan fingerprint density at radius 2 is 2.33 bits per heavy atom. The van der Waals surface area contributed by atoms with Crippen molar-refractivity contribution in [1.82, 2.24) is 5.32 Å². The first-order chi connectivity index (χ1) is 5.93. The number of allylic oxidation sites excluding steroid dienone is 4. The van der Waals surface area contributed by atoms with E-state index < -0.39 is 0 Å². The first-order valence-electron chi connectivity index (χ1n) is 4.98. The quantitative estimate of drug-likeness (QED) is 0.597. The van der Waals surface area contributed by atoms with Gasteiger partial charge in [-0.25, -0.2) is 0 Å². The summed E-state index contributed by atoms with van der Waals surface area (Å²) in [6.45, 7) is 4.44. The van der Waals surface area contributed by atoms with Gasteiger partial charge < -0.3 is 5.32 Å². The van der Waals surface area contributed by atoms with Crippen LogP contribution >= 0.6 is 0 Å². The van der Waals surface area contributed by atoms with Gasteiger partial charge in [0.2, 0.25) is 0 Å². The maximum absolute atomic E-state index is 3.34. The summed E-state index contributed by atoms with van der Waals surface area (Å²) in [6.07, 6.45) is 11.8. The van der Waals surface area contributed by atoms with E-state index in [1.165, 1.54) is 32.2 Å². The highest BCUT2D eigenvalue weighted by molar-refractivity contribution is 5.22. The zero-order chi connectivity index (χ0) is 8.65. The van der Waals surface area contributed by atoms with Gasteiger partial charge in [0.25, 0.3) is 0 Å². The molecule has 0 bridgehead atoms. The van der Waals surface area contributed by atoms with Crippen LogP contribution in [0, 0.1) is 0 Å². The molecule has 0 saturated carbocycles. The van der Waals surface area contributed by atoms with Crippen LogP contribution in [-0.4, -0.2) is 13.1 Å². The van der Waals surface area contributed by atoms with E-state index in [2.05, 4.69) is 30.5 Å². The molecule has 12 heavy (non-hydrogen) atoms. The largest absolute Gasteiger partial charge is 0.317 e. The van der Waals surface area contributed by atoms with E-state index in [1.807, 2.05) is 0 Å². The Morgan fingerprint density at radius 3 is 3.00 bits per heavy atom. The Hall–Kier alpha value is -0.560. The zero-order valence-electron chi connectivity index (χ0n) is 7.97. The molecule has 0 atom stereocenters. The van der Waals surface area contributed by atoms with Gasteiger partial charge >= 0.3 is 0 Å². The Morgan fingerprint density at radius 1 is 1.42 bits per heavy atom. The predicted octanol–water partition coefficient (Wildman–Crippen LogP) is 2.65. The molecule has 0 spiro atoms. The van der Waals surface area contributed by atoms with Gasteiger partial charge in [-0.2, -0.15) is 0 Å². The topological polar surface area (TPSA) is 12.0 Å². The molecule has 1 heteroatoms. The fourth-order valence-electron chi connectivity index (χ4n) is 1.46. The second-order valence-electron chi connectivity index (χ2n) is 3.27. The van der Waals surface area contributed by atoms with E-state index in [0.717, 1.165) is 6.54 Å². The van der Waals surface area contributed by atoms with Crippen molar-refractivity contribution in [3.05, 3.63) is 23.8 Å². The van der Waals surface area contributed by atoms with E-state index in [-0.39, 0.29) is 0 Å². The van der Waals surface area contributed by atoms with E-state index in [4.69, 9.17) is 0 Å². The minimum absolute atomic E-state index is 1.10. The van der Waals surface area contributed by atoms with Gasteiger partial charge in [0.05, 0.1) is 0 Å². The second-order valence-corrected chi connectivity index (χ2v) is 3.27. The molecule has 1 aliphatic rings. The molecule has 1 rings (SSSR count). The van der Waals surface area contributed by atoms with Crippen LogP contribution in [0.2, 0.25) is 0 Å². The van der Waals surface area contributed by atoms with Crippen molar-refractivity contribution < 1.29 is 0 Å². The first-order valence-corrected chi connectivity index (χ1v) is 4.98. The number of rotatable bonds is 6. The lowest BCUT2D eigenvalue weighted by Crippen LogP contribution is -2.13. The normalized spacial score (nSPS) is 15.2. The van der Waals surface area contributed by atoms with E-state index in [1.54, 1.807) is 5.57 Å². The van der Waals surface area contributed by atoms with Gasteiger partial charge in [-0.05, 0) is 38.8 Å². The summed E-state index contributed by atoms with van der Waals surface area (Å²) < 4.78 is 0. The number of hydrogen-bond acceptors (Lipinski definition) is 1. The SMILES string of the molecule is CCNCCCCC1=CC=CC1. The Labute approximate surface area is 75.6 Å². The molecule has 0 aromatic carbocycles. The van der Waals surface area contributed by atoms with Crippen molar-refractivity contribution in [2.45, 2.75) is 32.6 Å². The lowest BCUT2D eigenvalue weighted by atomic mass is 10.1. The van der Waals surface area contributed by atoms with Crippen molar-refractivity contribution in [3.8, 4) is 0 Å². The maximum Gasteiger partial charge on any atom is -0.00489 e. The van der Waals surface area contributed by atoms with E-state index in [9.17, 15) is 0 Å². The third-order valence-electron chi connectivity index (χ3n) is 2.20. The van der Waals surface area contributed by atoms with E-state index >= 15 is 0 Å². The minimum Gasteiger partial charge on any atom is -0.317 e. The van der Waals surface area contributed by atoms with Gasteiger partial charge in [0.1, 0.15) is 0 Å². The van der Waals surface area contributed by atoms with Crippen molar-refractivity contribution in [2.24, 2.45) is 0 Å². The van der Waals surface area contributed by atoms with Gasteiger partial charge in [-0.1, -0.05) is 30.7 Å². The van der Waals surface area contributed by atoms with Crippen LogP contribution in [0.1, 0.15) is 32.6 Å². The molecule has 68 valence electrons. The van der Waals surface area contributed by atoms with Crippen LogP contribution < -0.4 is 5.32 Å². The smallest absolute Gasteiger partial charge is 0.00489 e. The highest BCUT2D eigenvalue weighted by Gasteiger charge is 1.97. The number of unbranched alkanes of at least 4 members (excludes halogenated alkanes) is 1. The van der Waals surface area contributed by atoms with Gasteiger partial charge in [-0.15, -0.1) is 0 Å². The minimum atomic E-state index is 1.10. The molecule has 0 radical (unpaired) electrons.